The van der Waals surface area contributed by atoms with E-state index in [2.05, 4.69) is 16.0 Å². The molecule has 2 aromatic carbocycles. The Hall–Kier alpha value is -4.24. The molecule has 0 spiro atoms. The number of hydrogen-bond donors (Lipinski definition) is 1. The molecule has 2 heterocycles. The van der Waals surface area contributed by atoms with Crippen LogP contribution in [0.1, 0.15) is 11.1 Å². The van der Waals surface area contributed by atoms with Gasteiger partial charge in [-0.2, -0.15) is 5.26 Å². The Morgan fingerprint density at radius 3 is 2.31 bits per heavy atom. The van der Waals surface area contributed by atoms with Crippen molar-refractivity contribution in [2.24, 2.45) is 0 Å². The fourth-order valence-corrected chi connectivity index (χ4v) is 3.09. The molecule has 4 rings (SSSR count). The molecule has 0 amide bonds. The molecule has 0 fully saturated rings. The molecule has 0 aliphatic rings. The first-order chi connectivity index (χ1) is 14.1. The SMILES string of the molecule is N#Cc1cccc(-c2cc(-c3ccn(Cc4ccccc4)c(=O)c3)nc(N)n2)c1. The van der Waals surface area contributed by atoms with Gasteiger partial charge in [-0.25, -0.2) is 9.97 Å². The van der Waals surface area contributed by atoms with Gasteiger partial charge in [-0.3, -0.25) is 4.79 Å². The van der Waals surface area contributed by atoms with Crippen molar-refractivity contribution in [2.45, 2.75) is 6.54 Å². The fourth-order valence-electron chi connectivity index (χ4n) is 3.09. The first kappa shape index (κ1) is 18.1. The monoisotopic (exact) mass is 379 g/mol. The van der Waals surface area contributed by atoms with Gasteiger partial charge in [0.25, 0.3) is 5.56 Å². The molecule has 6 nitrogen and oxygen atoms in total. The van der Waals surface area contributed by atoms with Crippen LogP contribution in [0.25, 0.3) is 22.5 Å². The standard InChI is InChI=1S/C23H17N5O/c24-14-17-7-4-8-18(11-17)20-13-21(27-23(25)26-20)19-9-10-28(22(29)12-19)15-16-5-2-1-3-6-16/h1-13H,15H2,(H2,25,26,27). The summed E-state index contributed by atoms with van der Waals surface area (Å²) in [5.74, 6) is 0.105. The van der Waals surface area contributed by atoms with E-state index < -0.39 is 0 Å². The quantitative estimate of drug-likeness (QED) is 0.585. The molecule has 0 unspecified atom stereocenters. The average molecular weight is 379 g/mol. The van der Waals surface area contributed by atoms with Gasteiger partial charge in [-0.15, -0.1) is 0 Å². The van der Waals surface area contributed by atoms with Crippen molar-refractivity contribution in [3.63, 3.8) is 0 Å². The van der Waals surface area contributed by atoms with Crippen LogP contribution in [0.2, 0.25) is 0 Å². The minimum atomic E-state index is -0.128. The summed E-state index contributed by atoms with van der Waals surface area (Å²) in [6.45, 7) is 0.498. The normalized spacial score (nSPS) is 10.4. The summed E-state index contributed by atoms with van der Waals surface area (Å²) in [5, 5.41) is 9.11. The minimum absolute atomic E-state index is 0.105. The van der Waals surface area contributed by atoms with Crippen LogP contribution in [-0.4, -0.2) is 14.5 Å². The Morgan fingerprint density at radius 1 is 0.897 bits per heavy atom. The fraction of sp³-hybridized carbons (Fsp3) is 0.0435. The summed E-state index contributed by atoms with van der Waals surface area (Å²) in [4.78, 5) is 21.1. The maximum Gasteiger partial charge on any atom is 0.251 e. The second-order valence-electron chi connectivity index (χ2n) is 6.56. The van der Waals surface area contributed by atoms with E-state index >= 15 is 0 Å². The van der Waals surface area contributed by atoms with E-state index in [0.29, 0.717) is 29.1 Å². The van der Waals surface area contributed by atoms with Gasteiger partial charge >= 0.3 is 0 Å². The summed E-state index contributed by atoms with van der Waals surface area (Å²) >= 11 is 0. The van der Waals surface area contributed by atoms with Crippen molar-refractivity contribution in [3.8, 4) is 28.6 Å². The third kappa shape index (κ3) is 4.04. The van der Waals surface area contributed by atoms with Crippen molar-refractivity contribution in [1.29, 1.82) is 5.26 Å². The maximum atomic E-state index is 12.6. The molecule has 140 valence electrons. The Balaban J connectivity index is 1.70. The minimum Gasteiger partial charge on any atom is -0.368 e. The van der Waals surface area contributed by atoms with Crippen molar-refractivity contribution < 1.29 is 0 Å². The summed E-state index contributed by atoms with van der Waals surface area (Å²) in [5.41, 5.74) is 9.93. The second-order valence-corrected chi connectivity index (χ2v) is 6.56. The van der Waals surface area contributed by atoms with Crippen LogP contribution in [0.4, 0.5) is 5.95 Å². The highest BCUT2D eigenvalue weighted by molar-refractivity contribution is 5.69. The number of anilines is 1. The van der Waals surface area contributed by atoms with Gasteiger partial charge < -0.3 is 10.3 Å². The lowest BCUT2D eigenvalue weighted by Gasteiger charge is -2.09. The zero-order valence-corrected chi connectivity index (χ0v) is 15.5. The lowest BCUT2D eigenvalue weighted by atomic mass is 10.1. The highest BCUT2D eigenvalue weighted by Crippen LogP contribution is 2.24. The van der Waals surface area contributed by atoms with Gasteiger partial charge in [0.2, 0.25) is 5.95 Å². The summed E-state index contributed by atoms with van der Waals surface area (Å²) in [7, 11) is 0. The van der Waals surface area contributed by atoms with Crippen LogP contribution in [0, 0.1) is 11.3 Å². The number of benzene rings is 2. The van der Waals surface area contributed by atoms with E-state index in [1.54, 1.807) is 41.1 Å². The van der Waals surface area contributed by atoms with Crippen molar-refractivity contribution >= 4 is 5.95 Å². The zero-order chi connectivity index (χ0) is 20.2. The van der Waals surface area contributed by atoms with Gasteiger partial charge in [0, 0.05) is 23.4 Å². The number of nitrogens with two attached hydrogens (primary N) is 1. The Bertz CT molecular complexity index is 1270. The van der Waals surface area contributed by atoms with Crippen LogP contribution >= 0.6 is 0 Å². The largest absolute Gasteiger partial charge is 0.368 e. The summed E-state index contributed by atoms with van der Waals surface area (Å²) in [6, 6.07) is 24.2. The predicted molar refractivity (Wildman–Crippen MR) is 112 cm³/mol. The molecule has 0 saturated heterocycles. The van der Waals surface area contributed by atoms with Crippen LogP contribution in [0.5, 0.6) is 0 Å². The highest BCUT2D eigenvalue weighted by Gasteiger charge is 2.09. The first-order valence-corrected chi connectivity index (χ1v) is 9.02. The van der Waals surface area contributed by atoms with Crippen LogP contribution in [0.15, 0.2) is 83.8 Å². The van der Waals surface area contributed by atoms with Gasteiger partial charge in [-0.05, 0) is 29.8 Å². The van der Waals surface area contributed by atoms with Gasteiger partial charge in [0.1, 0.15) is 0 Å². The van der Waals surface area contributed by atoms with Crippen molar-refractivity contribution in [2.75, 3.05) is 5.73 Å². The molecule has 29 heavy (non-hydrogen) atoms. The number of pyridine rings is 1. The molecular weight excluding hydrogens is 362 g/mol. The van der Waals surface area contributed by atoms with Gasteiger partial charge in [0.05, 0.1) is 29.6 Å². The number of nitriles is 1. The van der Waals surface area contributed by atoms with Crippen LogP contribution in [0.3, 0.4) is 0 Å². The van der Waals surface area contributed by atoms with Crippen LogP contribution in [-0.2, 0) is 6.54 Å². The third-order valence-corrected chi connectivity index (χ3v) is 4.52. The topological polar surface area (TPSA) is 97.6 Å². The molecule has 2 aromatic heterocycles. The average Bonchev–Trinajstić information content (AvgIpc) is 2.75. The molecule has 0 aliphatic carbocycles. The van der Waals surface area contributed by atoms with Crippen molar-refractivity contribution in [3.05, 3.63) is 100 Å². The van der Waals surface area contributed by atoms with E-state index in [9.17, 15) is 4.79 Å². The lowest BCUT2D eigenvalue weighted by Crippen LogP contribution is -2.19. The van der Waals surface area contributed by atoms with E-state index in [1.165, 1.54) is 0 Å². The van der Waals surface area contributed by atoms with E-state index in [4.69, 9.17) is 11.0 Å². The molecule has 0 atom stereocenters. The Kier molecular flexibility index (Phi) is 4.87. The lowest BCUT2D eigenvalue weighted by molar-refractivity contribution is 0.760. The second kappa shape index (κ2) is 7.79. The molecule has 0 bridgehead atoms. The molecule has 0 radical (unpaired) electrons. The maximum absolute atomic E-state index is 12.6. The number of rotatable bonds is 4. The number of nitrogens with zero attached hydrogens (tertiary/aromatic N) is 4. The highest BCUT2D eigenvalue weighted by atomic mass is 16.1. The van der Waals surface area contributed by atoms with Crippen molar-refractivity contribution in [1.82, 2.24) is 14.5 Å². The first-order valence-electron chi connectivity index (χ1n) is 9.02. The molecular formula is C23H17N5O. The smallest absolute Gasteiger partial charge is 0.251 e. The summed E-state index contributed by atoms with van der Waals surface area (Å²) in [6.07, 6.45) is 1.75. The predicted octanol–water partition coefficient (Wildman–Crippen LogP) is 3.47. The number of aromatic nitrogens is 3. The van der Waals surface area contributed by atoms with E-state index in [-0.39, 0.29) is 11.5 Å². The van der Waals surface area contributed by atoms with E-state index in [0.717, 1.165) is 11.1 Å². The Labute approximate surface area is 167 Å². The summed E-state index contributed by atoms with van der Waals surface area (Å²) < 4.78 is 1.64. The number of nitrogen functional groups attached to an aromatic ring is 1. The molecule has 0 aliphatic heterocycles. The van der Waals surface area contributed by atoms with Gasteiger partial charge in [0.15, 0.2) is 0 Å². The molecule has 4 aromatic rings. The van der Waals surface area contributed by atoms with Crippen LogP contribution < -0.4 is 11.3 Å². The number of hydrogen-bond acceptors (Lipinski definition) is 5. The van der Waals surface area contributed by atoms with Gasteiger partial charge in [-0.1, -0.05) is 42.5 Å². The van der Waals surface area contributed by atoms with E-state index in [1.807, 2.05) is 42.5 Å². The zero-order valence-electron chi connectivity index (χ0n) is 15.5. The molecule has 6 heteroatoms. The molecule has 0 saturated carbocycles. The Morgan fingerprint density at radius 2 is 1.62 bits per heavy atom. The third-order valence-electron chi connectivity index (χ3n) is 4.52. The molecule has 2 N–H and O–H groups in total.